The van der Waals surface area contributed by atoms with E-state index < -0.39 is 28.5 Å². The van der Waals surface area contributed by atoms with Gasteiger partial charge in [-0.25, -0.2) is 9.59 Å². The van der Waals surface area contributed by atoms with E-state index in [0.717, 1.165) is 0 Å². The number of halogens is 3. The van der Waals surface area contributed by atoms with E-state index in [0.29, 0.717) is 5.69 Å². The lowest BCUT2D eigenvalue weighted by molar-refractivity contribution is -0.139. The van der Waals surface area contributed by atoms with Gasteiger partial charge in [-0.2, -0.15) is 0 Å². The van der Waals surface area contributed by atoms with Crippen LogP contribution in [0.15, 0.2) is 18.2 Å². The summed E-state index contributed by atoms with van der Waals surface area (Å²) in [4.78, 5) is 34.9. The van der Waals surface area contributed by atoms with E-state index in [2.05, 4.69) is 10.1 Å². The number of carboxylic acid groups (broad SMARTS) is 1. The van der Waals surface area contributed by atoms with Crippen LogP contribution >= 0.6 is 34.8 Å². The van der Waals surface area contributed by atoms with Gasteiger partial charge in [0.25, 0.3) is 0 Å². The maximum absolute atomic E-state index is 12.1. The summed E-state index contributed by atoms with van der Waals surface area (Å²) < 4.78 is 2.76. The fourth-order valence-corrected chi connectivity index (χ4v) is 2.00. The van der Waals surface area contributed by atoms with Crippen molar-refractivity contribution in [3.63, 3.8) is 0 Å². The van der Waals surface area contributed by atoms with Gasteiger partial charge in [0.2, 0.25) is 3.79 Å². The van der Waals surface area contributed by atoms with Crippen molar-refractivity contribution < 1.29 is 24.2 Å². The van der Waals surface area contributed by atoms with Crippen molar-refractivity contribution in [2.75, 3.05) is 18.1 Å². The number of nitrogens with two attached hydrogens (primary N) is 2. The van der Waals surface area contributed by atoms with E-state index in [1.54, 1.807) is 0 Å². The number of carbonyl (C=O) groups excluding carboxylic acids is 2. The first-order valence-corrected chi connectivity index (χ1v) is 8.04. The van der Waals surface area contributed by atoms with Crippen molar-refractivity contribution in [1.29, 1.82) is 0 Å². The molecule has 1 atom stereocenters. The first kappa shape index (κ1) is 21.1. The van der Waals surface area contributed by atoms with Gasteiger partial charge in [0.15, 0.2) is 5.78 Å². The second-order valence-corrected chi connectivity index (χ2v) is 7.55. The van der Waals surface area contributed by atoms with Crippen LogP contribution in [0.4, 0.5) is 16.2 Å². The molecule has 0 aliphatic heterocycles. The van der Waals surface area contributed by atoms with Crippen LogP contribution in [0.2, 0.25) is 0 Å². The number of amides is 1. The molecule has 0 aliphatic carbocycles. The Labute approximate surface area is 158 Å². The number of benzene rings is 1. The van der Waals surface area contributed by atoms with Crippen LogP contribution in [0, 0.1) is 0 Å². The summed E-state index contributed by atoms with van der Waals surface area (Å²) in [6.07, 6.45) is -1.44. The second-order valence-electron chi connectivity index (χ2n) is 5.04. The molecule has 0 heterocycles. The number of alkyl carbamates (subject to hydrolysis) is 1. The van der Waals surface area contributed by atoms with Gasteiger partial charge in [0.1, 0.15) is 12.6 Å². The van der Waals surface area contributed by atoms with Gasteiger partial charge < -0.3 is 26.6 Å². The maximum atomic E-state index is 12.1. The van der Waals surface area contributed by atoms with Crippen LogP contribution in [0.25, 0.3) is 0 Å². The monoisotopic (exact) mass is 411 g/mol. The van der Waals surface area contributed by atoms with Gasteiger partial charge in [0, 0.05) is 23.4 Å². The summed E-state index contributed by atoms with van der Waals surface area (Å²) in [5.41, 5.74) is 12.1. The second kappa shape index (κ2) is 8.98. The molecule has 0 saturated carbocycles. The summed E-state index contributed by atoms with van der Waals surface area (Å²) in [5.74, 6) is -1.73. The zero-order chi connectivity index (χ0) is 19.2. The molecule has 25 heavy (non-hydrogen) atoms. The van der Waals surface area contributed by atoms with Crippen molar-refractivity contribution in [2.24, 2.45) is 0 Å². The molecule has 138 valence electrons. The third-order valence-corrected chi connectivity index (χ3v) is 3.32. The molecule has 11 heteroatoms. The van der Waals surface area contributed by atoms with E-state index in [1.807, 2.05) is 0 Å². The normalized spacial score (nSPS) is 12.3. The van der Waals surface area contributed by atoms with Crippen molar-refractivity contribution in [3.8, 4) is 0 Å². The quantitative estimate of drug-likeness (QED) is 0.305. The third kappa shape index (κ3) is 7.68. The van der Waals surface area contributed by atoms with E-state index in [1.165, 1.54) is 18.2 Å². The molecule has 0 spiro atoms. The largest absolute Gasteiger partial charge is 0.480 e. The maximum Gasteiger partial charge on any atom is 0.407 e. The van der Waals surface area contributed by atoms with Crippen LogP contribution in [0.1, 0.15) is 23.2 Å². The van der Waals surface area contributed by atoms with Crippen molar-refractivity contribution in [3.05, 3.63) is 23.8 Å². The lowest BCUT2D eigenvalue weighted by Gasteiger charge is -2.16. The zero-order valence-corrected chi connectivity index (χ0v) is 15.1. The smallest absolute Gasteiger partial charge is 0.407 e. The van der Waals surface area contributed by atoms with E-state index >= 15 is 0 Å². The fourth-order valence-electron chi connectivity index (χ4n) is 1.83. The lowest BCUT2D eigenvalue weighted by atomic mass is 10.0. The number of aliphatic carboxylic acids is 1. The molecule has 8 nitrogen and oxygen atoms in total. The highest BCUT2D eigenvalue weighted by atomic mass is 35.6. The molecule has 0 bridgehead atoms. The Bertz CT molecular complexity index is 664. The number of rotatable bonds is 7. The van der Waals surface area contributed by atoms with Crippen LogP contribution in [-0.2, 0) is 9.53 Å². The summed E-state index contributed by atoms with van der Waals surface area (Å²) in [7, 11) is 0. The van der Waals surface area contributed by atoms with E-state index in [-0.39, 0.29) is 29.9 Å². The number of ether oxygens (including phenoxy) is 1. The highest BCUT2D eigenvalue weighted by molar-refractivity contribution is 6.67. The number of anilines is 2. The Kier molecular flexibility index (Phi) is 7.60. The molecule has 6 N–H and O–H groups in total. The number of carboxylic acids is 1. The number of hydrogen-bond donors (Lipinski definition) is 4. The minimum absolute atomic E-state index is 0.171. The average Bonchev–Trinajstić information content (AvgIpc) is 2.48. The van der Waals surface area contributed by atoms with Crippen LogP contribution < -0.4 is 16.8 Å². The Morgan fingerprint density at radius 1 is 1.24 bits per heavy atom. The molecule has 1 rings (SSSR count). The number of nitrogen functional groups attached to an aromatic ring is 2. The lowest BCUT2D eigenvalue weighted by Crippen LogP contribution is -2.42. The first-order valence-electron chi connectivity index (χ1n) is 6.90. The van der Waals surface area contributed by atoms with Crippen molar-refractivity contribution in [1.82, 2.24) is 5.32 Å². The molecule has 0 saturated heterocycles. The van der Waals surface area contributed by atoms with Gasteiger partial charge in [-0.1, -0.05) is 34.8 Å². The highest BCUT2D eigenvalue weighted by Crippen LogP contribution is 2.26. The number of alkyl halides is 3. The number of hydrogen-bond acceptors (Lipinski definition) is 6. The van der Waals surface area contributed by atoms with Crippen molar-refractivity contribution in [2.45, 2.75) is 22.7 Å². The van der Waals surface area contributed by atoms with Gasteiger partial charge in [-0.3, -0.25) is 4.79 Å². The van der Waals surface area contributed by atoms with E-state index in [9.17, 15) is 14.4 Å². The average molecular weight is 413 g/mol. The molecule has 0 aliphatic rings. The van der Waals surface area contributed by atoms with Crippen LogP contribution in [-0.4, -0.2) is 39.4 Å². The highest BCUT2D eigenvalue weighted by Gasteiger charge is 2.26. The standard InChI is InChI=1S/C14H16Cl3N3O5/c15-14(16,17)6-25-13(24)20-10(12(22)23)3-4-11(21)8-2-1-7(18)5-9(8)19/h1-2,5,10H,3-4,6,18-19H2,(H,20,24)(H,22,23). The number of Topliss-reactive ketones (excluding diaryl/α,β-unsaturated/α-hetero) is 1. The predicted molar refractivity (Wildman–Crippen MR) is 95.0 cm³/mol. The van der Waals surface area contributed by atoms with Gasteiger partial charge in [-0.05, 0) is 24.6 Å². The number of carbonyl (C=O) groups is 3. The van der Waals surface area contributed by atoms with Crippen LogP contribution in [0.3, 0.4) is 0 Å². The van der Waals surface area contributed by atoms with Gasteiger partial charge in [0.05, 0.1) is 0 Å². The molecular weight excluding hydrogens is 397 g/mol. The summed E-state index contributed by atoms with van der Waals surface area (Å²) in [5, 5.41) is 11.2. The molecule has 0 fully saturated rings. The molecule has 0 aromatic heterocycles. The van der Waals surface area contributed by atoms with Crippen LogP contribution in [0.5, 0.6) is 0 Å². The summed E-state index contributed by atoms with van der Waals surface area (Å²) in [6, 6.07) is 3.02. The zero-order valence-electron chi connectivity index (χ0n) is 12.8. The topological polar surface area (TPSA) is 145 Å². The number of ketones is 1. The van der Waals surface area contributed by atoms with E-state index in [4.69, 9.17) is 51.4 Å². The minimum atomic E-state index is -1.82. The Morgan fingerprint density at radius 3 is 2.40 bits per heavy atom. The third-order valence-electron chi connectivity index (χ3n) is 2.99. The Hall–Kier alpha value is -1.90. The fraction of sp³-hybridized carbons (Fsp3) is 0.357. The van der Waals surface area contributed by atoms with Crippen molar-refractivity contribution >= 4 is 64.0 Å². The Morgan fingerprint density at radius 2 is 1.88 bits per heavy atom. The minimum Gasteiger partial charge on any atom is -0.480 e. The van der Waals surface area contributed by atoms with Gasteiger partial charge >= 0.3 is 12.1 Å². The molecule has 1 amide bonds. The summed E-state index contributed by atoms with van der Waals surface area (Å²) in [6.45, 7) is -0.559. The molecular formula is C14H16Cl3N3O5. The SMILES string of the molecule is Nc1ccc(C(=O)CCC(NC(=O)OCC(Cl)(Cl)Cl)C(=O)O)c(N)c1. The Balaban J connectivity index is 2.62. The molecule has 1 aromatic rings. The number of nitrogens with one attached hydrogen (secondary N) is 1. The molecule has 1 aromatic carbocycles. The molecule has 1 unspecified atom stereocenters. The predicted octanol–water partition coefficient (Wildman–Crippen LogP) is 2.36. The molecule has 0 radical (unpaired) electrons. The summed E-state index contributed by atoms with van der Waals surface area (Å²) >= 11 is 16.3. The first-order chi connectivity index (χ1) is 11.5. The van der Waals surface area contributed by atoms with Gasteiger partial charge in [-0.15, -0.1) is 0 Å².